The zero-order chi connectivity index (χ0) is 47.5. The molecule has 0 bridgehead atoms. The molecule has 0 aromatic carbocycles. The van der Waals surface area contributed by atoms with Gasteiger partial charge >= 0.3 is 0 Å². The maximum absolute atomic E-state index is 12.9. The van der Waals surface area contributed by atoms with Gasteiger partial charge < -0.3 is 65.1 Å². The zero-order valence-corrected chi connectivity index (χ0v) is 40.7. The van der Waals surface area contributed by atoms with Crippen LogP contribution in [-0.4, -0.2) is 140 Å². The Morgan fingerprint density at radius 3 is 1.42 bits per heavy atom. The Morgan fingerprint density at radius 2 is 0.954 bits per heavy atom. The van der Waals surface area contributed by atoms with E-state index in [1.807, 2.05) is 6.08 Å². The Balaban J connectivity index is 1.64. The monoisotopic (exact) mass is 932 g/mol. The van der Waals surface area contributed by atoms with Crippen LogP contribution in [0.15, 0.2) is 12.2 Å². The molecule has 12 atom stereocenters. The molecule has 0 spiro atoms. The van der Waals surface area contributed by atoms with Gasteiger partial charge in [-0.2, -0.15) is 0 Å². The van der Waals surface area contributed by atoms with Gasteiger partial charge in [0.1, 0.15) is 48.8 Å². The zero-order valence-electron chi connectivity index (χ0n) is 40.7. The smallest absolute Gasteiger partial charge is 0.220 e. The van der Waals surface area contributed by atoms with E-state index in [0.29, 0.717) is 6.42 Å². The highest BCUT2D eigenvalue weighted by molar-refractivity contribution is 5.76. The maximum atomic E-state index is 12.9. The van der Waals surface area contributed by atoms with Crippen molar-refractivity contribution < 1.29 is 64.6 Å². The van der Waals surface area contributed by atoms with Gasteiger partial charge in [0.05, 0.1) is 32.0 Å². The van der Waals surface area contributed by atoms with Crippen LogP contribution in [0.4, 0.5) is 0 Å². The number of allylic oxidation sites excluding steroid dienone is 1. The minimum Gasteiger partial charge on any atom is -0.394 e. The van der Waals surface area contributed by atoms with Crippen molar-refractivity contribution in [3.63, 3.8) is 0 Å². The number of ether oxygens (including phenoxy) is 4. The Morgan fingerprint density at radius 1 is 0.538 bits per heavy atom. The van der Waals surface area contributed by atoms with Crippen LogP contribution in [0.5, 0.6) is 0 Å². The molecule has 12 unspecified atom stereocenters. The molecule has 2 rings (SSSR count). The van der Waals surface area contributed by atoms with Gasteiger partial charge in [-0.15, -0.1) is 0 Å². The SMILES string of the molecule is CCCCCCCCCCCCCCCCCCCCCCCCCCC/C=C/C(O)C(COC1OC(CO)C(OC2OC(CO)C(O)C(O)C2O)C(O)C1O)NC(=O)CCCCCC. The summed E-state index contributed by atoms with van der Waals surface area (Å²) in [5.41, 5.74) is 0. The first kappa shape index (κ1) is 59.9. The molecule has 384 valence electrons. The molecule has 2 saturated heterocycles. The van der Waals surface area contributed by atoms with E-state index < -0.39 is 86.8 Å². The summed E-state index contributed by atoms with van der Waals surface area (Å²) in [7, 11) is 0. The highest BCUT2D eigenvalue weighted by Gasteiger charge is 2.51. The molecule has 14 heteroatoms. The molecule has 2 aliphatic heterocycles. The lowest BCUT2D eigenvalue weighted by Crippen LogP contribution is -2.65. The third kappa shape index (κ3) is 25.8. The molecule has 0 aliphatic carbocycles. The third-order valence-corrected chi connectivity index (χ3v) is 13.2. The Labute approximate surface area is 393 Å². The van der Waals surface area contributed by atoms with E-state index in [-0.39, 0.29) is 18.9 Å². The summed E-state index contributed by atoms with van der Waals surface area (Å²) >= 11 is 0. The van der Waals surface area contributed by atoms with Crippen molar-refractivity contribution in [2.45, 2.75) is 286 Å². The molecule has 0 aromatic heterocycles. The molecule has 1 amide bonds. The van der Waals surface area contributed by atoms with Crippen LogP contribution in [0.3, 0.4) is 0 Å². The molecule has 0 saturated carbocycles. The summed E-state index contributed by atoms with van der Waals surface area (Å²) < 4.78 is 22.6. The maximum Gasteiger partial charge on any atom is 0.220 e. The van der Waals surface area contributed by atoms with E-state index in [1.165, 1.54) is 148 Å². The molecular weight excluding hydrogens is 835 g/mol. The standard InChI is InChI=1S/C51H97NO13/c1-3-5-7-9-10-11-12-13-14-15-16-17-18-19-20-21-22-23-24-25-26-27-28-29-30-31-32-34-40(55)39(52-43(56)35-33-8-6-4-2)38-62-50-48(61)46(59)49(42(37-54)64-50)65-51-47(60)45(58)44(57)41(36-53)63-51/h32,34,39-42,44-51,53-55,57-61H,3-31,33,35-38H2,1-2H3,(H,52,56)/b34-32+. The average molecular weight is 932 g/mol. The van der Waals surface area contributed by atoms with Crippen molar-refractivity contribution in [3.8, 4) is 0 Å². The molecule has 65 heavy (non-hydrogen) atoms. The number of nitrogens with one attached hydrogen (secondary N) is 1. The largest absolute Gasteiger partial charge is 0.394 e. The molecule has 9 N–H and O–H groups in total. The summed E-state index contributed by atoms with van der Waals surface area (Å²) in [5, 5.41) is 86.2. The molecule has 2 heterocycles. The summed E-state index contributed by atoms with van der Waals surface area (Å²) in [6.45, 7) is 2.66. The quantitative estimate of drug-likeness (QED) is 0.0219. The normalized spacial score (nSPS) is 27.0. The summed E-state index contributed by atoms with van der Waals surface area (Å²) in [6, 6.07) is -0.905. The van der Waals surface area contributed by atoms with Gasteiger partial charge in [0, 0.05) is 6.42 Å². The lowest BCUT2D eigenvalue weighted by Gasteiger charge is -2.46. The molecule has 0 aromatic rings. The second-order valence-electron chi connectivity index (χ2n) is 19.0. The number of carbonyl (C=O) groups is 1. The summed E-state index contributed by atoms with van der Waals surface area (Å²) in [5.74, 6) is -0.256. The van der Waals surface area contributed by atoms with E-state index in [0.717, 1.165) is 38.5 Å². The minimum atomic E-state index is -1.78. The Kier molecular flexibility index (Phi) is 35.5. The third-order valence-electron chi connectivity index (χ3n) is 13.2. The van der Waals surface area contributed by atoms with Crippen LogP contribution < -0.4 is 5.32 Å². The van der Waals surface area contributed by atoms with E-state index >= 15 is 0 Å². The molecule has 2 aliphatic rings. The first-order valence-corrected chi connectivity index (χ1v) is 26.4. The van der Waals surface area contributed by atoms with Gasteiger partial charge in [-0.25, -0.2) is 0 Å². The van der Waals surface area contributed by atoms with Gasteiger partial charge in [-0.3, -0.25) is 4.79 Å². The summed E-state index contributed by atoms with van der Waals surface area (Å²) in [6.07, 6.45) is 25.0. The highest BCUT2D eigenvalue weighted by Crippen LogP contribution is 2.30. The first-order chi connectivity index (χ1) is 31.6. The summed E-state index contributed by atoms with van der Waals surface area (Å²) in [4.78, 5) is 12.9. The number of carbonyl (C=O) groups excluding carboxylic acids is 1. The number of hydrogen-bond acceptors (Lipinski definition) is 13. The topological polar surface area (TPSA) is 228 Å². The fraction of sp³-hybridized carbons (Fsp3) is 0.941. The fourth-order valence-corrected chi connectivity index (χ4v) is 8.88. The first-order valence-electron chi connectivity index (χ1n) is 26.4. The van der Waals surface area contributed by atoms with Crippen molar-refractivity contribution in [1.29, 1.82) is 0 Å². The van der Waals surface area contributed by atoms with Crippen LogP contribution in [0.1, 0.15) is 213 Å². The molecular formula is C51H97NO13. The van der Waals surface area contributed by atoms with E-state index in [4.69, 9.17) is 18.9 Å². The van der Waals surface area contributed by atoms with Gasteiger partial charge in [0.15, 0.2) is 12.6 Å². The highest BCUT2D eigenvalue weighted by atomic mass is 16.7. The van der Waals surface area contributed by atoms with Crippen molar-refractivity contribution in [2.24, 2.45) is 0 Å². The van der Waals surface area contributed by atoms with Crippen LogP contribution in [0, 0.1) is 0 Å². The predicted octanol–water partition coefficient (Wildman–Crippen LogP) is 7.16. The van der Waals surface area contributed by atoms with Gasteiger partial charge in [0.25, 0.3) is 0 Å². The molecule has 2 fully saturated rings. The van der Waals surface area contributed by atoms with Crippen molar-refractivity contribution >= 4 is 5.91 Å². The fourth-order valence-electron chi connectivity index (χ4n) is 8.88. The van der Waals surface area contributed by atoms with Crippen LogP contribution >= 0.6 is 0 Å². The number of unbranched alkanes of at least 4 members (excludes halogenated alkanes) is 28. The van der Waals surface area contributed by atoms with Gasteiger partial charge in [0.2, 0.25) is 5.91 Å². The second-order valence-corrected chi connectivity index (χ2v) is 19.0. The van der Waals surface area contributed by atoms with Crippen LogP contribution in [-0.2, 0) is 23.7 Å². The van der Waals surface area contributed by atoms with Gasteiger partial charge in [-0.1, -0.05) is 199 Å². The lowest BCUT2D eigenvalue weighted by molar-refractivity contribution is -0.359. The van der Waals surface area contributed by atoms with Crippen molar-refractivity contribution in [1.82, 2.24) is 5.32 Å². The molecule has 0 radical (unpaired) electrons. The number of rotatable bonds is 41. The average Bonchev–Trinajstić information content (AvgIpc) is 3.30. The van der Waals surface area contributed by atoms with Gasteiger partial charge in [-0.05, 0) is 19.3 Å². The molecule has 14 nitrogen and oxygen atoms in total. The van der Waals surface area contributed by atoms with Crippen LogP contribution in [0.25, 0.3) is 0 Å². The van der Waals surface area contributed by atoms with Crippen molar-refractivity contribution in [2.75, 3.05) is 19.8 Å². The second kappa shape index (κ2) is 38.6. The minimum absolute atomic E-state index is 0.256. The number of aliphatic hydroxyl groups is 8. The van der Waals surface area contributed by atoms with E-state index in [1.54, 1.807) is 6.08 Å². The Hall–Kier alpha value is -1.27. The van der Waals surface area contributed by atoms with Crippen molar-refractivity contribution in [3.05, 3.63) is 12.2 Å². The van der Waals surface area contributed by atoms with Crippen LogP contribution in [0.2, 0.25) is 0 Å². The predicted molar refractivity (Wildman–Crippen MR) is 254 cm³/mol. The lowest BCUT2D eigenvalue weighted by atomic mass is 9.97. The van der Waals surface area contributed by atoms with E-state index in [2.05, 4.69) is 19.2 Å². The Bertz CT molecular complexity index is 1150. The number of aliphatic hydroxyl groups excluding tert-OH is 8. The number of amides is 1. The van der Waals surface area contributed by atoms with E-state index in [9.17, 15) is 45.6 Å². The number of hydrogen-bond donors (Lipinski definition) is 9.